The molecule has 1 aliphatic heterocycles. The summed E-state index contributed by atoms with van der Waals surface area (Å²) >= 11 is 0. The number of nitrogens with zero attached hydrogens (tertiary/aromatic N) is 2. The van der Waals surface area contributed by atoms with Crippen LogP contribution in [0.4, 0.5) is 19.0 Å². The second kappa shape index (κ2) is 5.41. The standard InChI is InChI=1S/C11H14F3N3O3/c12-11(13,14)7-5-17(10(19)16-9(7)15)8-2-1-6(20-8)3-4-18/h5-6,8,18H,1-4H2,(H2,15,16,19)/t6?,8-/m1/s1. The topological polar surface area (TPSA) is 90.4 Å². The summed E-state index contributed by atoms with van der Waals surface area (Å²) in [6.45, 7) is -0.0833. The number of aliphatic hydroxyl groups excluding tert-OH is 1. The van der Waals surface area contributed by atoms with E-state index in [4.69, 9.17) is 15.6 Å². The Labute approximate surface area is 112 Å². The Morgan fingerprint density at radius 3 is 2.80 bits per heavy atom. The van der Waals surface area contributed by atoms with Gasteiger partial charge in [0.2, 0.25) is 0 Å². The molecule has 0 spiro atoms. The number of aliphatic hydroxyl groups is 1. The summed E-state index contributed by atoms with van der Waals surface area (Å²) in [7, 11) is 0. The van der Waals surface area contributed by atoms with E-state index in [0.29, 0.717) is 25.5 Å². The van der Waals surface area contributed by atoms with Crippen LogP contribution in [0.25, 0.3) is 0 Å². The lowest BCUT2D eigenvalue weighted by molar-refractivity contribution is -0.138. The van der Waals surface area contributed by atoms with E-state index in [2.05, 4.69) is 4.98 Å². The van der Waals surface area contributed by atoms with Gasteiger partial charge in [0, 0.05) is 12.8 Å². The smallest absolute Gasteiger partial charge is 0.396 e. The molecule has 6 nitrogen and oxygen atoms in total. The van der Waals surface area contributed by atoms with Crippen molar-refractivity contribution in [3.63, 3.8) is 0 Å². The Hall–Kier alpha value is -1.61. The molecule has 1 saturated heterocycles. The molecular weight excluding hydrogens is 279 g/mol. The van der Waals surface area contributed by atoms with Gasteiger partial charge in [-0.3, -0.25) is 4.57 Å². The Morgan fingerprint density at radius 1 is 1.50 bits per heavy atom. The SMILES string of the molecule is Nc1nc(=O)n([C@H]2CCC(CCO)O2)cc1C(F)(F)F. The van der Waals surface area contributed by atoms with E-state index in [1.807, 2.05) is 0 Å². The van der Waals surface area contributed by atoms with Crippen LogP contribution in [0.1, 0.15) is 31.1 Å². The molecule has 2 rings (SSSR count). The molecule has 1 aromatic heterocycles. The Balaban J connectivity index is 2.31. The van der Waals surface area contributed by atoms with Crippen molar-refractivity contribution >= 4 is 5.82 Å². The predicted molar refractivity (Wildman–Crippen MR) is 62.8 cm³/mol. The molecule has 0 radical (unpaired) electrons. The maximum absolute atomic E-state index is 12.7. The van der Waals surface area contributed by atoms with Gasteiger partial charge in [-0.2, -0.15) is 18.2 Å². The van der Waals surface area contributed by atoms with Crippen LogP contribution in [0.5, 0.6) is 0 Å². The van der Waals surface area contributed by atoms with Crippen molar-refractivity contribution in [2.24, 2.45) is 0 Å². The fourth-order valence-corrected chi connectivity index (χ4v) is 2.15. The first-order valence-electron chi connectivity index (χ1n) is 6.05. The lowest BCUT2D eigenvalue weighted by atomic mass is 10.2. The van der Waals surface area contributed by atoms with Crippen molar-refractivity contribution in [2.45, 2.75) is 37.8 Å². The number of rotatable bonds is 3. The molecule has 0 amide bonds. The van der Waals surface area contributed by atoms with Crippen molar-refractivity contribution in [2.75, 3.05) is 12.3 Å². The van der Waals surface area contributed by atoms with Gasteiger partial charge in [-0.25, -0.2) is 4.79 Å². The summed E-state index contributed by atoms with van der Waals surface area (Å²) in [6.07, 6.45) is -3.82. The molecule has 1 fully saturated rings. The molecule has 112 valence electrons. The van der Waals surface area contributed by atoms with Crippen molar-refractivity contribution in [1.82, 2.24) is 9.55 Å². The summed E-state index contributed by atoms with van der Waals surface area (Å²) in [5, 5.41) is 8.80. The molecule has 1 aromatic rings. The largest absolute Gasteiger partial charge is 0.421 e. The maximum Gasteiger partial charge on any atom is 0.421 e. The fourth-order valence-electron chi connectivity index (χ4n) is 2.15. The minimum Gasteiger partial charge on any atom is -0.396 e. The number of nitrogen functional groups attached to an aromatic ring is 1. The first-order valence-corrected chi connectivity index (χ1v) is 6.05. The van der Waals surface area contributed by atoms with Crippen LogP contribution in [0.2, 0.25) is 0 Å². The highest BCUT2D eigenvalue weighted by Gasteiger charge is 2.36. The van der Waals surface area contributed by atoms with E-state index in [1.165, 1.54) is 0 Å². The normalized spacial score (nSPS) is 23.2. The monoisotopic (exact) mass is 293 g/mol. The minimum atomic E-state index is -4.68. The van der Waals surface area contributed by atoms with Gasteiger partial charge in [-0.05, 0) is 19.3 Å². The first-order chi connectivity index (χ1) is 9.32. The molecule has 0 aliphatic carbocycles. The summed E-state index contributed by atoms with van der Waals surface area (Å²) in [4.78, 5) is 14.8. The highest BCUT2D eigenvalue weighted by atomic mass is 19.4. The van der Waals surface area contributed by atoms with E-state index in [1.54, 1.807) is 0 Å². The molecule has 9 heteroatoms. The number of ether oxygens (including phenoxy) is 1. The van der Waals surface area contributed by atoms with Gasteiger partial charge in [-0.1, -0.05) is 0 Å². The van der Waals surface area contributed by atoms with Crippen molar-refractivity contribution in [3.8, 4) is 0 Å². The average molecular weight is 293 g/mol. The molecule has 0 bridgehead atoms. The molecule has 20 heavy (non-hydrogen) atoms. The summed E-state index contributed by atoms with van der Waals surface area (Å²) in [6, 6.07) is 0. The predicted octanol–water partition coefficient (Wildman–Crippen LogP) is 0.904. The molecule has 0 aromatic carbocycles. The molecule has 3 N–H and O–H groups in total. The Kier molecular flexibility index (Phi) is 4.00. The van der Waals surface area contributed by atoms with Gasteiger partial charge in [-0.15, -0.1) is 0 Å². The van der Waals surface area contributed by atoms with E-state index in [9.17, 15) is 18.0 Å². The first kappa shape index (κ1) is 14.8. The third-order valence-electron chi connectivity index (χ3n) is 3.13. The molecule has 0 saturated carbocycles. The number of nitrogens with two attached hydrogens (primary N) is 1. The number of hydrogen-bond donors (Lipinski definition) is 2. The van der Waals surface area contributed by atoms with Crippen molar-refractivity contribution in [1.29, 1.82) is 0 Å². The number of aromatic nitrogens is 2. The van der Waals surface area contributed by atoms with Crippen molar-refractivity contribution < 1.29 is 23.0 Å². The van der Waals surface area contributed by atoms with Gasteiger partial charge < -0.3 is 15.6 Å². The zero-order valence-electron chi connectivity index (χ0n) is 10.4. The molecule has 1 aliphatic rings. The van der Waals surface area contributed by atoms with E-state index >= 15 is 0 Å². The zero-order valence-corrected chi connectivity index (χ0v) is 10.4. The Morgan fingerprint density at radius 2 is 2.20 bits per heavy atom. The summed E-state index contributed by atoms with van der Waals surface area (Å²) < 4.78 is 44.4. The Bertz CT molecular complexity index is 544. The van der Waals surface area contributed by atoms with E-state index in [0.717, 1.165) is 4.57 Å². The average Bonchev–Trinajstić information content (AvgIpc) is 2.76. The van der Waals surface area contributed by atoms with Crippen LogP contribution in [0.15, 0.2) is 11.0 Å². The third kappa shape index (κ3) is 2.93. The highest BCUT2D eigenvalue weighted by Crippen LogP contribution is 2.34. The number of anilines is 1. The molecule has 1 unspecified atom stereocenters. The second-order valence-corrected chi connectivity index (χ2v) is 4.53. The quantitative estimate of drug-likeness (QED) is 0.864. The molecule has 2 heterocycles. The number of alkyl halides is 3. The van der Waals surface area contributed by atoms with Crippen LogP contribution in [-0.2, 0) is 10.9 Å². The lowest BCUT2D eigenvalue weighted by Crippen LogP contribution is -2.30. The van der Waals surface area contributed by atoms with Crippen LogP contribution < -0.4 is 11.4 Å². The summed E-state index contributed by atoms with van der Waals surface area (Å²) in [5.41, 5.74) is 3.09. The maximum atomic E-state index is 12.7. The van der Waals surface area contributed by atoms with Gasteiger partial charge in [0.05, 0.1) is 6.10 Å². The van der Waals surface area contributed by atoms with Gasteiger partial charge in [0.25, 0.3) is 0 Å². The van der Waals surface area contributed by atoms with Gasteiger partial charge in [0.15, 0.2) is 0 Å². The number of halogens is 3. The number of hydrogen-bond acceptors (Lipinski definition) is 5. The fraction of sp³-hybridized carbons (Fsp3) is 0.636. The van der Waals surface area contributed by atoms with Crippen LogP contribution in [0, 0.1) is 0 Å². The van der Waals surface area contributed by atoms with Crippen molar-refractivity contribution in [3.05, 3.63) is 22.2 Å². The van der Waals surface area contributed by atoms with E-state index in [-0.39, 0.29) is 12.7 Å². The van der Waals surface area contributed by atoms with Crippen LogP contribution >= 0.6 is 0 Å². The van der Waals surface area contributed by atoms with E-state index < -0.39 is 29.5 Å². The summed E-state index contributed by atoms with van der Waals surface area (Å²) in [5.74, 6) is -0.844. The van der Waals surface area contributed by atoms with Gasteiger partial charge in [0.1, 0.15) is 17.6 Å². The van der Waals surface area contributed by atoms with Gasteiger partial charge >= 0.3 is 11.9 Å². The molecule has 2 atom stereocenters. The van der Waals surface area contributed by atoms with Crippen LogP contribution in [-0.4, -0.2) is 27.4 Å². The lowest BCUT2D eigenvalue weighted by Gasteiger charge is -2.17. The second-order valence-electron chi connectivity index (χ2n) is 4.53. The zero-order chi connectivity index (χ0) is 14.9. The van der Waals surface area contributed by atoms with Crippen LogP contribution in [0.3, 0.4) is 0 Å². The minimum absolute atomic E-state index is 0.0833. The highest BCUT2D eigenvalue weighted by molar-refractivity contribution is 5.38. The third-order valence-corrected chi connectivity index (χ3v) is 3.13. The molecular formula is C11H14F3N3O3.